The molecule has 5 nitrogen and oxygen atoms in total. The summed E-state index contributed by atoms with van der Waals surface area (Å²) in [5.74, 6) is -0.458. The van der Waals surface area contributed by atoms with Gasteiger partial charge in [0.05, 0.1) is 11.3 Å². The molecule has 27 heavy (non-hydrogen) atoms. The minimum absolute atomic E-state index is 0.0929. The normalized spacial score (nSPS) is 20.7. The van der Waals surface area contributed by atoms with Crippen LogP contribution in [0.3, 0.4) is 0 Å². The first-order valence-electron chi connectivity index (χ1n) is 8.88. The Morgan fingerprint density at radius 3 is 2.74 bits per heavy atom. The highest BCUT2D eigenvalue weighted by Gasteiger charge is 2.43. The third kappa shape index (κ3) is 3.35. The number of hydrogen-bond donors (Lipinski definition) is 1. The van der Waals surface area contributed by atoms with Crippen LogP contribution in [0.15, 0.2) is 51.9 Å². The maximum absolute atomic E-state index is 13.4. The summed E-state index contributed by atoms with van der Waals surface area (Å²) in [5, 5.41) is 11.5. The molecule has 1 atom stereocenters. The topological polar surface area (TPSA) is 60.9 Å². The number of halogens is 1. The largest absolute Gasteiger partial charge is 0.396 e. The van der Waals surface area contributed by atoms with Crippen molar-refractivity contribution in [2.24, 2.45) is 5.92 Å². The van der Waals surface area contributed by atoms with E-state index in [0.717, 1.165) is 22.2 Å². The van der Waals surface area contributed by atoms with Crippen molar-refractivity contribution in [3.05, 3.63) is 56.8 Å². The fourth-order valence-corrected chi connectivity index (χ4v) is 4.87. The van der Waals surface area contributed by atoms with Crippen LogP contribution >= 0.6 is 27.3 Å². The third-order valence-corrected chi connectivity index (χ3v) is 6.37. The van der Waals surface area contributed by atoms with Crippen LogP contribution in [0.1, 0.15) is 17.7 Å². The van der Waals surface area contributed by atoms with Crippen molar-refractivity contribution < 1.29 is 14.7 Å². The van der Waals surface area contributed by atoms with Gasteiger partial charge in [-0.05, 0) is 48.4 Å². The van der Waals surface area contributed by atoms with Crippen molar-refractivity contribution in [3.8, 4) is 0 Å². The molecule has 1 saturated heterocycles. The Bertz CT molecular complexity index is 910. The molecule has 1 unspecified atom stereocenters. The zero-order valence-electron chi connectivity index (χ0n) is 14.6. The van der Waals surface area contributed by atoms with Crippen molar-refractivity contribution in [3.63, 3.8) is 0 Å². The first kappa shape index (κ1) is 18.4. The second kappa shape index (κ2) is 7.58. The number of thiophene rings is 1. The number of hydrogen-bond acceptors (Lipinski definition) is 5. The number of anilines is 1. The van der Waals surface area contributed by atoms with Crippen LogP contribution in [0, 0.1) is 5.92 Å². The van der Waals surface area contributed by atoms with Gasteiger partial charge in [-0.15, -0.1) is 11.3 Å². The van der Waals surface area contributed by atoms with Gasteiger partial charge in [0.15, 0.2) is 0 Å². The van der Waals surface area contributed by atoms with Crippen LogP contribution in [-0.4, -0.2) is 41.5 Å². The summed E-state index contributed by atoms with van der Waals surface area (Å²) >= 11 is 4.87. The number of rotatable bonds is 4. The summed E-state index contributed by atoms with van der Waals surface area (Å²) in [6.45, 7) is 1.40. The second-order valence-electron chi connectivity index (χ2n) is 6.76. The molecular weight excluding hydrogens is 428 g/mol. The Morgan fingerprint density at radius 1 is 1.19 bits per heavy atom. The van der Waals surface area contributed by atoms with Gasteiger partial charge in [-0.25, -0.2) is 4.90 Å². The Labute approximate surface area is 170 Å². The summed E-state index contributed by atoms with van der Waals surface area (Å²) in [4.78, 5) is 30.7. The number of carbonyl (C=O) groups is 2. The summed E-state index contributed by atoms with van der Waals surface area (Å²) in [6.07, 6.45) is 1.83. The number of nitrogens with zero attached hydrogens (tertiary/aromatic N) is 2. The minimum atomic E-state index is -0.292. The molecule has 1 N–H and O–H groups in total. The molecule has 2 aliphatic rings. The van der Waals surface area contributed by atoms with E-state index in [1.54, 1.807) is 12.1 Å². The minimum Gasteiger partial charge on any atom is -0.396 e. The lowest BCUT2D eigenvalue weighted by molar-refractivity contribution is -0.120. The van der Waals surface area contributed by atoms with Crippen LogP contribution in [0.2, 0.25) is 0 Å². The number of amides is 2. The molecule has 140 valence electrons. The fourth-order valence-electron chi connectivity index (χ4n) is 3.72. The molecule has 0 saturated carbocycles. The number of likely N-dealkylation sites (tertiary alicyclic amines) is 1. The van der Waals surface area contributed by atoms with Crippen molar-refractivity contribution in [2.45, 2.75) is 12.8 Å². The van der Waals surface area contributed by atoms with Gasteiger partial charge in [-0.1, -0.05) is 28.1 Å². The number of benzene rings is 1. The third-order valence-electron chi connectivity index (χ3n) is 4.99. The molecule has 0 spiro atoms. The zero-order chi connectivity index (χ0) is 19.0. The first-order valence-corrected chi connectivity index (χ1v) is 10.6. The average Bonchev–Trinajstić information content (AvgIpc) is 3.28. The molecule has 4 rings (SSSR count). The lowest BCUT2D eigenvalue weighted by Gasteiger charge is -2.34. The molecule has 2 amide bonds. The second-order valence-corrected chi connectivity index (χ2v) is 8.63. The summed E-state index contributed by atoms with van der Waals surface area (Å²) in [7, 11) is 0. The van der Waals surface area contributed by atoms with Crippen molar-refractivity contribution >= 4 is 50.3 Å². The van der Waals surface area contributed by atoms with E-state index in [1.165, 1.54) is 16.2 Å². The standard InChI is InChI=1S/C20H19BrN2O3S/c21-14-5-1-6-15(10-14)23-19(25)17(16-7-3-9-27-16)18(20(23)26)22-8-2-4-13(11-22)12-24/h1,3,5-7,9-10,13,24H,2,4,8,11-12H2. The van der Waals surface area contributed by atoms with Gasteiger partial charge in [0.1, 0.15) is 5.70 Å². The SMILES string of the molecule is O=C1C(c2cccs2)=C(N2CCCC(CO)C2)C(=O)N1c1cccc(Br)c1. The van der Waals surface area contributed by atoms with Gasteiger partial charge >= 0.3 is 0 Å². The predicted molar refractivity (Wildman–Crippen MR) is 109 cm³/mol. The highest BCUT2D eigenvalue weighted by Crippen LogP contribution is 2.38. The van der Waals surface area contributed by atoms with Crippen molar-refractivity contribution in [2.75, 3.05) is 24.6 Å². The van der Waals surface area contributed by atoms with E-state index >= 15 is 0 Å². The molecule has 1 aromatic heterocycles. The van der Waals surface area contributed by atoms with E-state index in [2.05, 4.69) is 15.9 Å². The Hall–Kier alpha value is -1.96. The lowest BCUT2D eigenvalue weighted by Crippen LogP contribution is -2.40. The van der Waals surface area contributed by atoms with Gasteiger partial charge < -0.3 is 10.0 Å². The molecule has 0 radical (unpaired) electrons. The monoisotopic (exact) mass is 446 g/mol. The number of carbonyl (C=O) groups excluding carboxylic acids is 2. The lowest BCUT2D eigenvalue weighted by atomic mass is 9.98. The summed E-state index contributed by atoms with van der Waals surface area (Å²) in [6, 6.07) is 11.0. The van der Waals surface area contributed by atoms with Gasteiger partial charge in [-0.2, -0.15) is 0 Å². The molecule has 1 aromatic carbocycles. The van der Waals surface area contributed by atoms with Crippen LogP contribution in [0.4, 0.5) is 5.69 Å². The molecule has 0 bridgehead atoms. The van der Waals surface area contributed by atoms with Gasteiger partial charge in [0.2, 0.25) is 0 Å². The van der Waals surface area contributed by atoms with E-state index < -0.39 is 0 Å². The molecule has 2 aliphatic heterocycles. The molecule has 0 aliphatic carbocycles. The fraction of sp³-hybridized carbons (Fsp3) is 0.300. The zero-order valence-corrected chi connectivity index (χ0v) is 17.0. The number of imide groups is 1. The van der Waals surface area contributed by atoms with Crippen molar-refractivity contribution in [1.29, 1.82) is 0 Å². The van der Waals surface area contributed by atoms with Crippen LogP contribution in [0.5, 0.6) is 0 Å². The van der Waals surface area contributed by atoms with Gasteiger partial charge in [0.25, 0.3) is 11.8 Å². The molecule has 7 heteroatoms. The smallest absolute Gasteiger partial charge is 0.282 e. The number of aliphatic hydroxyl groups is 1. The van der Waals surface area contributed by atoms with Crippen LogP contribution in [0.25, 0.3) is 5.57 Å². The maximum atomic E-state index is 13.4. The molecule has 2 aromatic rings. The highest BCUT2D eigenvalue weighted by molar-refractivity contribution is 9.10. The molecule has 1 fully saturated rings. The van der Waals surface area contributed by atoms with Gasteiger partial charge in [-0.3, -0.25) is 9.59 Å². The average molecular weight is 447 g/mol. The van der Waals surface area contributed by atoms with Crippen LogP contribution in [-0.2, 0) is 9.59 Å². The Balaban J connectivity index is 1.79. The van der Waals surface area contributed by atoms with E-state index in [4.69, 9.17) is 0 Å². The molecule has 3 heterocycles. The molecular formula is C20H19BrN2O3S. The van der Waals surface area contributed by atoms with E-state index in [9.17, 15) is 14.7 Å². The summed E-state index contributed by atoms with van der Waals surface area (Å²) in [5.41, 5.74) is 1.48. The maximum Gasteiger partial charge on any atom is 0.282 e. The Morgan fingerprint density at radius 2 is 2.04 bits per heavy atom. The predicted octanol–water partition coefficient (Wildman–Crippen LogP) is 3.50. The van der Waals surface area contributed by atoms with E-state index in [1.807, 2.05) is 34.5 Å². The van der Waals surface area contributed by atoms with Crippen LogP contribution < -0.4 is 4.90 Å². The van der Waals surface area contributed by atoms with E-state index in [-0.39, 0.29) is 24.3 Å². The van der Waals surface area contributed by atoms with Crippen molar-refractivity contribution in [1.82, 2.24) is 4.90 Å². The summed E-state index contributed by atoms with van der Waals surface area (Å²) < 4.78 is 0.810. The highest BCUT2D eigenvalue weighted by atomic mass is 79.9. The number of piperidine rings is 1. The quantitative estimate of drug-likeness (QED) is 0.729. The first-order chi connectivity index (χ1) is 13.1. The van der Waals surface area contributed by atoms with Gasteiger partial charge in [0, 0.05) is 29.0 Å². The Kier molecular flexibility index (Phi) is 5.16. The number of aliphatic hydroxyl groups excluding tert-OH is 1. The van der Waals surface area contributed by atoms with E-state index in [0.29, 0.717) is 30.0 Å².